The molecular formula is C13H18N4. The highest BCUT2D eigenvalue weighted by Crippen LogP contribution is 2.16. The number of nitrogens with zero attached hydrogens (tertiary/aromatic N) is 3. The van der Waals surface area contributed by atoms with Crippen molar-refractivity contribution in [3.05, 3.63) is 41.5 Å². The van der Waals surface area contributed by atoms with Gasteiger partial charge in [-0.25, -0.2) is 9.67 Å². The van der Waals surface area contributed by atoms with E-state index in [-0.39, 0.29) is 6.04 Å². The zero-order chi connectivity index (χ0) is 12.4. The number of aromatic nitrogens is 3. The second kappa shape index (κ2) is 4.67. The van der Waals surface area contributed by atoms with Crippen LogP contribution in [0.2, 0.25) is 0 Å². The first-order chi connectivity index (χ1) is 8.08. The Morgan fingerprint density at radius 1 is 1.29 bits per heavy atom. The first-order valence-corrected chi connectivity index (χ1v) is 5.82. The number of para-hydroxylation sites is 1. The molecule has 1 atom stereocenters. The molecule has 0 fully saturated rings. The highest BCUT2D eigenvalue weighted by Gasteiger charge is 2.10. The number of rotatable bonds is 3. The largest absolute Gasteiger partial charge is 0.328 e. The fourth-order valence-electron chi connectivity index (χ4n) is 1.99. The maximum atomic E-state index is 5.87. The molecule has 1 aromatic heterocycles. The van der Waals surface area contributed by atoms with Crippen molar-refractivity contribution in [3.8, 4) is 5.69 Å². The zero-order valence-electron chi connectivity index (χ0n) is 10.5. The van der Waals surface area contributed by atoms with E-state index in [1.807, 2.05) is 37.6 Å². The first kappa shape index (κ1) is 11.8. The van der Waals surface area contributed by atoms with Crippen LogP contribution < -0.4 is 5.73 Å². The molecular weight excluding hydrogens is 212 g/mol. The second-order valence-corrected chi connectivity index (χ2v) is 4.43. The van der Waals surface area contributed by atoms with Gasteiger partial charge in [-0.1, -0.05) is 18.2 Å². The van der Waals surface area contributed by atoms with Crippen LogP contribution in [0.15, 0.2) is 24.3 Å². The molecule has 4 nitrogen and oxygen atoms in total. The van der Waals surface area contributed by atoms with Crippen LogP contribution in [0.25, 0.3) is 5.69 Å². The molecule has 0 radical (unpaired) electrons. The Kier molecular flexibility index (Phi) is 3.24. The number of aryl methyl sites for hydroxylation is 2. The average molecular weight is 230 g/mol. The molecule has 1 aromatic carbocycles. The molecule has 2 N–H and O–H groups in total. The van der Waals surface area contributed by atoms with E-state index in [0.717, 1.165) is 23.8 Å². The van der Waals surface area contributed by atoms with Crippen molar-refractivity contribution in [1.82, 2.24) is 14.8 Å². The van der Waals surface area contributed by atoms with Gasteiger partial charge >= 0.3 is 0 Å². The van der Waals surface area contributed by atoms with Crippen molar-refractivity contribution < 1.29 is 0 Å². The van der Waals surface area contributed by atoms with Crippen molar-refractivity contribution in [2.45, 2.75) is 33.2 Å². The summed E-state index contributed by atoms with van der Waals surface area (Å²) in [6, 6.07) is 8.33. The lowest BCUT2D eigenvalue weighted by Gasteiger charge is -2.12. The predicted molar refractivity (Wildman–Crippen MR) is 68.2 cm³/mol. The van der Waals surface area contributed by atoms with Gasteiger partial charge in [-0.2, -0.15) is 5.10 Å². The van der Waals surface area contributed by atoms with Crippen molar-refractivity contribution >= 4 is 0 Å². The van der Waals surface area contributed by atoms with Crippen LogP contribution in [0, 0.1) is 13.8 Å². The van der Waals surface area contributed by atoms with Crippen LogP contribution >= 0.6 is 0 Å². The van der Waals surface area contributed by atoms with E-state index in [0.29, 0.717) is 0 Å². The van der Waals surface area contributed by atoms with Gasteiger partial charge in [0.1, 0.15) is 11.6 Å². The van der Waals surface area contributed by atoms with Crippen molar-refractivity contribution in [3.63, 3.8) is 0 Å². The average Bonchev–Trinajstić information content (AvgIpc) is 2.58. The quantitative estimate of drug-likeness (QED) is 0.874. The minimum Gasteiger partial charge on any atom is -0.328 e. The molecule has 17 heavy (non-hydrogen) atoms. The fourth-order valence-corrected chi connectivity index (χ4v) is 1.99. The van der Waals surface area contributed by atoms with Gasteiger partial charge in [0.15, 0.2) is 0 Å². The van der Waals surface area contributed by atoms with Crippen molar-refractivity contribution in [1.29, 1.82) is 0 Å². The van der Waals surface area contributed by atoms with Crippen molar-refractivity contribution in [2.75, 3.05) is 0 Å². The first-order valence-electron chi connectivity index (χ1n) is 5.82. The van der Waals surface area contributed by atoms with Gasteiger partial charge in [0.05, 0.1) is 5.69 Å². The predicted octanol–water partition coefficient (Wildman–Crippen LogP) is 1.77. The summed E-state index contributed by atoms with van der Waals surface area (Å²) in [5, 5.41) is 4.41. The molecule has 90 valence electrons. The molecule has 4 heteroatoms. The summed E-state index contributed by atoms with van der Waals surface area (Å²) in [6.45, 7) is 5.87. The third-order valence-electron chi connectivity index (χ3n) is 2.64. The summed E-state index contributed by atoms with van der Waals surface area (Å²) < 4.78 is 1.88. The Hall–Kier alpha value is -1.68. The summed E-state index contributed by atoms with van der Waals surface area (Å²) >= 11 is 0. The van der Waals surface area contributed by atoms with Crippen LogP contribution in [0.3, 0.4) is 0 Å². The van der Waals surface area contributed by atoms with E-state index >= 15 is 0 Å². The highest BCUT2D eigenvalue weighted by atomic mass is 15.3. The van der Waals surface area contributed by atoms with Gasteiger partial charge < -0.3 is 5.73 Å². The van der Waals surface area contributed by atoms with Crippen LogP contribution in [0.1, 0.15) is 24.1 Å². The molecule has 2 aromatic rings. The molecule has 0 aliphatic carbocycles. The van der Waals surface area contributed by atoms with E-state index < -0.39 is 0 Å². The van der Waals surface area contributed by atoms with E-state index in [4.69, 9.17) is 5.73 Å². The van der Waals surface area contributed by atoms with Gasteiger partial charge in [-0.3, -0.25) is 0 Å². The number of nitrogens with two attached hydrogens (primary N) is 1. The lowest BCUT2D eigenvalue weighted by molar-refractivity contribution is 0.723. The van der Waals surface area contributed by atoms with Gasteiger partial charge in [-0.15, -0.1) is 0 Å². The van der Waals surface area contributed by atoms with Gasteiger partial charge in [0.2, 0.25) is 0 Å². The summed E-state index contributed by atoms with van der Waals surface area (Å²) in [5.41, 5.74) is 8.15. The van der Waals surface area contributed by atoms with Gasteiger partial charge in [-0.05, 0) is 38.8 Å². The van der Waals surface area contributed by atoms with E-state index in [1.54, 1.807) is 0 Å². The molecule has 0 saturated heterocycles. The van der Waals surface area contributed by atoms with Crippen molar-refractivity contribution in [2.24, 2.45) is 5.73 Å². The maximum absolute atomic E-state index is 5.87. The molecule has 0 aliphatic heterocycles. The molecule has 2 rings (SSSR count). The monoisotopic (exact) mass is 230 g/mol. The highest BCUT2D eigenvalue weighted by molar-refractivity contribution is 5.41. The molecule has 0 saturated carbocycles. The van der Waals surface area contributed by atoms with Crippen LogP contribution in [-0.2, 0) is 6.42 Å². The number of hydrogen-bond acceptors (Lipinski definition) is 3. The third kappa shape index (κ3) is 2.53. The second-order valence-electron chi connectivity index (χ2n) is 4.43. The van der Waals surface area contributed by atoms with Crippen LogP contribution in [0.5, 0.6) is 0 Å². The lowest BCUT2D eigenvalue weighted by atomic mass is 10.1. The zero-order valence-corrected chi connectivity index (χ0v) is 10.5. The fraction of sp³-hybridized carbons (Fsp3) is 0.385. The van der Waals surface area contributed by atoms with Crippen LogP contribution in [0.4, 0.5) is 0 Å². The minimum absolute atomic E-state index is 0.140. The Morgan fingerprint density at radius 3 is 2.59 bits per heavy atom. The summed E-state index contributed by atoms with van der Waals surface area (Å²) in [5.74, 6) is 1.69. The van der Waals surface area contributed by atoms with Crippen LogP contribution in [-0.4, -0.2) is 20.8 Å². The Morgan fingerprint density at radius 2 is 2.00 bits per heavy atom. The van der Waals surface area contributed by atoms with E-state index in [2.05, 4.69) is 22.2 Å². The lowest BCUT2D eigenvalue weighted by Crippen LogP contribution is -2.19. The third-order valence-corrected chi connectivity index (χ3v) is 2.64. The van der Waals surface area contributed by atoms with Gasteiger partial charge in [0, 0.05) is 6.04 Å². The molecule has 0 amide bonds. The topological polar surface area (TPSA) is 56.7 Å². The minimum atomic E-state index is 0.140. The standard InChI is InChI=1S/C13H18N4/c1-9(14)8-12-6-4-5-7-13(12)17-11(3)15-10(2)16-17/h4-7,9H,8,14H2,1-3H3. The van der Waals surface area contributed by atoms with E-state index in [9.17, 15) is 0 Å². The molecule has 0 aliphatic rings. The molecule has 1 heterocycles. The smallest absolute Gasteiger partial charge is 0.148 e. The summed E-state index contributed by atoms with van der Waals surface area (Å²) in [7, 11) is 0. The normalized spacial score (nSPS) is 12.7. The van der Waals surface area contributed by atoms with Gasteiger partial charge in [0.25, 0.3) is 0 Å². The summed E-state index contributed by atoms with van der Waals surface area (Å²) in [4.78, 5) is 4.33. The SMILES string of the molecule is Cc1nc(C)n(-c2ccccc2CC(C)N)n1. The maximum Gasteiger partial charge on any atom is 0.148 e. The number of hydrogen-bond donors (Lipinski definition) is 1. The Balaban J connectivity index is 2.48. The molecule has 1 unspecified atom stereocenters. The summed E-state index contributed by atoms with van der Waals surface area (Å²) in [6.07, 6.45) is 0.842. The Labute approximate surface area is 101 Å². The molecule has 0 bridgehead atoms. The Bertz CT molecular complexity index is 514. The number of benzene rings is 1. The van der Waals surface area contributed by atoms with E-state index in [1.165, 1.54) is 5.56 Å². The molecule has 0 spiro atoms.